The van der Waals surface area contributed by atoms with Gasteiger partial charge in [0.05, 0.1) is 10.0 Å². The first-order chi connectivity index (χ1) is 9.65. The molecule has 0 bridgehead atoms. The predicted molar refractivity (Wildman–Crippen MR) is 95.9 cm³/mol. The number of hydrogen-bond acceptors (Lipinski definition) is 4. The summed E-state index contributed by atoms with van der Waals surface area (Å²) >= 11 is 11.7. The van der Waals surface area contributed by atoms with E-state index in [9.17, 15) is 4.79 Å². The van der Waals surface area contributed by atoms with Crippen LogP contribution in [0.25, 0.3) is 0 Å². The lowest BCUT2D eigenvalue weighted by Gasteiger charge is -2.11. The molecule has 1 amide bonds. The van der Waals surface area contributed by atoms with E-state index in [-0.39, 0.29) is 30.7 Å². The molecule has 9 heteroatoms. The van der Waals surface area contributed by atoms with E-state index in [2.05, 4.69) is 20.9 Å². The van der Waals surface area contributed by atoms with E-state index in [0.717, 1.165) is 19.4 Å². The molecule has 1 aliphatic heterocycles. The van der Waals surface area contributed by atoms with Crippen molar-refractivity contribution in [2.75, 3.05) is 25.0 Å². The lowest BCUT2D eigenvalue weighted by Crippen LogP contribution is -2.34. The largest absolute Gasteiger partial charge is 0.367 e. The van der Waals surface area contributed by atoms with Gasteiger partial charge in [-0.3, -0.25) is 4.79 Å². The molecule has 3 N–H and O–H groups in total. The highest BCUT2D eigenvalue weighted by molar-refractivity contribution is 6.35. The average Bonchev–Trinajstić information content (AvgIpc) is 2.89. The van der Waals surface area contributed by atoms with Crippen LogP contribution in [-0.2, 0) is 4.79 Å². The molecule has 1 aromatic rings. The topological polar surface area (TPSA) is 66.1 Å². The van der Waals surface area contributed by atoms with Gasteiger partial charge in [0.15, 0.2) is 0 Å². The second-order valence-electron chi connectivity index (χ2n) is 4.76. The van der Waals surface area contributed by atoms with Gasteiger partial charge in [0.1, 0.15) is 5.82 Å². The van der Waals surface area contributed by atoms with Gasteiger partial charge in [0, 0.05) is 31.7 Å². The molecule has 1 unspecified atom stereocenters. The van der Waals surface area contributed by atoms with Crippen LogP contribution in [0.1, 0.15) is 19.3 Å². The molecule has 1 aromatic heterocycles. The van der Waals surface area contributed by atoms with Gasteiger partial charge in [-0.05, 0) is 25.5 Å². The predicted octanol–water partition coefficient (Wildman–Crippen LogP) is 2.90. The maximum absolute atomic E-state index is 11.7. The molecule has 0 aliphatic carbocycles. The number of pyridine rings is 1. The van der Waals surface area contributed by atoms with Gasteiger partial charge in [-0.15, -0.1) is 24.8 Å². The highest BCUT2D eigenvalue weighted by atomic mass is 35.5. The van der Waals surface area contributed by atoms with Gasteiger partial charge in [0.2, 0.25) is 5.91 Å². The summed E-state index contributed by atoms with van der Waals surface area (Å²) in [5.74, 6) is 0.643. The molecule has 0 aromatic carbocycles. The van der Waals surface area contributed by atoms with Crippen molar-refractivity contribution in [2.45, 2.75) is 25.3 Å². The van der Waals surface area contributed by atoms with Crippen molar-refractivity contribution in [2.24, 2.45) is 0 Å². The van der Waals surface area contributed by atoms with Crippen LogP contribution in [0.2, 0.25) is 10.0 Å². The number of nitrogens with one attached hydrogen (secondary N) is 3. The molecule has 1 saturated heterocycles. The molecule has 22 heavy (non-hydrogen) atoms. The minimum atomic E-state index is 0. The van der Waals surface area contributed by atoms with Crippen molar-refractivity contribution in [3.8, 4) is 0 Å². The second kappa shape index (κ2) is 11.1. The van der Waals surface area contributed by atoms with E-state index < -0.39 is 0 Å². The zero-order valence-corrected chi connectivity index (χ0v) is 15.0. The number of halogens is 4. The number of rotatable bonds is 6. The van der Waals surface area contributed by atoms with E-state index in [4.69, 9.17) is 23.2 Å². The SMILES string of the molecule is Cl.Cl.O=C(CC1CCCN1)NCCNc1ncc(Cl)cc1Cl. The maximum Gasteiger partial charge on any atom is 0.221 e. The minimum absolute atomic E-state index is 0. The summed E-state index contributed by atoms with van der Waals surface area (Å²) < 4.78 is 0. The monoisotopic (exact) mass is 388 g/mol. The van der Waals surface area contributed by atoms with Crippen LogP contribution in [0.3, 0.4) is 0 Å². The lowest BCUT2D eigenvalue weighted by atomic mass is 10.1. The van der Waals surface area contributed by atoms with Crippen molar-refractivity contribution in [1.29, 1.82) is 0 Å². The zero-order chi connectivity index (χ0) is 14.4. The zero-order valence-electron chi connectivity index (χ0n) is 11.9. The van der Waals surface area contributed by atoms with Gasteiger partial charge in [-0.2, -0.15) is 0 Å². The molecule has 2 heterocycles. The molecule has 1 fully saturated rings. The van der Waals surface area contributed by atoms with E-state index in [1.54, 1.807) is 6.07 Å². The van der Waals surface area contributed by atoms with Crippen LogP contribution < -0.4 is 16.0 Å². The number of anilines is 1. The van der Waals surface area contributed by atoms with Crippen LogP contribution >= 0.6 is 48.0 Å². The molecular formula is C13H20Cl4N4O. The van der Waals surface area contributed by atoms with E-state index in [0.29, 0.717) is 41.4 Å². The molecule has 0 spiro atoms. The first kappa shape index (κ1) is 21.5. The third kappa shape index (κ3) is 7.20. The molecule has 0 saturated carbocycles. The summed E-state index contributed by atoms with van der Waals surface area (Å²) in [5, 5.41) is 10.2. The Balaban J connectivity index is 0.00000220. The highest BCUT2D eigenvalue weighted by Gasteiger charge is 2.17. The normalized spacial score (nSPS) is 16.4. The quantitative estimate of drug-likeness (QED) is 0.654. The van der Waals surface area contributed by atoms with Gasteiger partial charge < -0.3 is 16.0 Å². The van der Waals surface area contributed by atoms with Crippen molar-refractivity contribution in [3.05, 3.63) is 22.3 Å². The number of aromatic nitrogens is 1. The lowest BCUT2D eigenvalue weighted by molar-refractivity contribution is -0.121. The van der Waals surface area contributed by atoms with Crippen molar-refractivity contribution < 1.29 is 4.79 Å². The Hall–Kier alpha value is -0.460. The van der Waals surface area contributed by atoms with Crippen molar-refractivity contribution in [1.82, 2.24) is 15.6 Å². The summed E-state index contributed by atoms with van der Waals surface area (Å²) in [6, 6.07) is 1.96. The standard InChI is InChI=1S/C13H18Cl2N4O.2ClH/c14-9-6-11(15)13(19-8-9)18-5-4-17-12(20)7-10-2-1-3-16-10;;/h6,8,10,16H,1-5,7H2,(H,17,20)(H,18,19);2*1H. The highest BCUT2D eigenvalue weighted by Crippen LogP contribution is 2.21. The Labute approximate surface area is 152 Å². The van der Waals surface area contributed by atoms with Crippen LogP contribution in [0.15, 0.2) is 12.3 Å². The van der Waals surface area contributed by atoms with Gasteiger partial charge in [-0.25, -0.2) is 4.98 Å². The summed E-state index contributed by atoms with van der Waals surface area (Å²) in [6.45, 7) is 2.12. The Morgan fingerprint density at radius 2 is 2.14 bits per heavy atom. The molecule has 126 valence electrons. The van der Waals surface area contributed by atoms with Crippen LogP contribution in [-0.4, -0.2) is 36.6 Å². The number of carbonyl (C=O) groups excluding carboxylic acids is 1. The molecule has 1 atom stereocenters. The molecule has 5 nitrogen and oxygen atoms in total. The minimum Gasteiger partial charge on any atom is -0.367 e. The number of carbonyl (C=O) groups is 1. The average molecular weight is 390 g/mol. The maximum atomic E-state index is 11.7. The Bertz CT molecular complexity index is 469. The third-order valence-corrected chi connectivity index (χ3v) is 3.64. The fraction of sp³-hybridized carbons (Fsp3) is 0.538. The summed E-state index contributed by atoms with van der Waals surface area (Å²) in [4.78, 5) is 15.8. The number of hydrogen-bond donors (Lipinski definition) is 3. The molecular weight excluding hydrogens is 370 g/mol. The smallest absolute Gasteiger partial charge is 0.221 e. The Morgan fingerprint density at radius 3 is 2.77 bits per heavy atom. The van der Waals surface area contributed by atoms with E-state index in [1.165, 1.54) is 6.20 Å². The Kier molecular flexibility index (Phi) is 10.9. The van der Waals surface area contributed by atoms with E-state index >= 15 is 0 Å². The van der Waals surface area contributed by atoms with Crippen molar-refractivity contribution in [3.63, 3.8) is 0 Å². The summed E-state index contributed by atoms with van der Waals surface area (Å²) in [5.41, 5.74) is 0. The van der Waals surface area contributed by atoms with E-state index in [1.807, 2.05) is 0 Å². The fourth-order valence-corrected chi connectivity index (χ4v) is 2.60. The second-order valence-corrected chi connectivity index (χ2v) is 5.60. The molecule has 0 radical (unpaired) electrons. The molecule has 2 rings (SSSR count). The van der Waals surface area contributed by atoms with Crippen molar-refractivity contribution >= 4 is 59.7 Å². The first-order valence-electron chi connectivity index (χ1n) is 6.70. The van der Waals surface area contributed by atoms with Crippen LogP contribution in [0.5, 0.6) is 0 Å². The van der Waals surface area contributed by atoms with Gasteiger partial charge >= 0.3 is 0 Å². The molecule has 1 aliphatic rings. The number of nitrogens with zero attached hydrogens (tertiary/aromatic N) is 1. The summed E-state index contributed by atoms with van der Waals surface area (Å²) in [6.07, 6.45) is 4.30. The van der Waals surface area contributed by atoms with Gasteiger partial charge in [0.25, 0.3) is 0 Å². The van der Waals surface area contributed by atoms with Gasteiger partial charge in [-0.1, -0.05) is 23.2 Å². The first-order valence-corrected chi connectivity index (χ1v) is 7.46. The Morgan fingerprint density at radius 1 is 1.36 bits per heavy atom. The summed E-state index contributed by atoms with van der Waals surface area (Å²) in [7, 11) is 0. The fourth-order valence-electron chi connectivity index (χ4n) is 2.15. The third-order valence-electron chi connectivity index (χ3n) is 3.14. The number of amides is 1. The van der Waals surface area contributed by atoms with Crippen LogP contribution in [0, 0.1) is 0 Å². The van der Waals surface area contributed by atoms with Crippen LogP contribution in [0.4, 0.5) is 5.82 Å².